The number of fused-ring (bicyclic) bond motifs is 4. The smallest absolute Gasteiger partial charge is 0.411 e. The number of amides is 3. The van der Waals surface area contributed by atoms with Crippen molar-refractivity contribution < 1.29 is 23.5 Å². The maximum absolute atomic E-state index is 13.0. The van der Waals surface area contributed by atoms with Crippen LogP contribution in [0.1, 0.15) is 43.2 Å². The molecule has 0 saturated heterocycles. The van der Waals surface area contributed by atoms with Crippen molar-refractivity contribution in [1.29, 1.82) is 0 Å². The number of anilines is 2. The summed E-state index contributed by atoms with van der Waals surface area (Å²) < 4.78 is 12.1. The molecule has 41 heavy (non-hydrogen) atoms. The van der Waals surface area contributed by atoms with E-state index in [0.29, 0.717) is 52.5 Å². The number of nitrogens with zero attached hydrogens (tertiary/aromatic N) is 6. The van der Waals surface area contributed by atoms with Crippen LogP contribution >= 0.6 is 11.6 Å². The Labute approximate surface area is 238 Å². The number of nitrogens with one attached hydrogen (secondary N) is 3. The molecule has 0 saturated carbocycles. The highest BCUT2D eigenvalue weighted by atomic mass is 35.5. The van der Waals surface area contributed by atoms with Crippen molar-refractivity contribution >= 4 is 47.0 Å². The molecule has 1 unspecified atom stereocenters. The maximum atomic E-state index is 13.0. The van der Waals surface area contributed by atoms with Crippen molar-refractivity contribution in [1.82, 2.24) is 35.7 Å². The van der Waals surface area contributed by atoms with Crippen LogP contribution in [-0.4, -0.2) is 55.4 Å². The summed E-state index contributed by atoms with van der Waals surface area (Å²) in [6.45, 7) is 0. The number of aromatic nitrogens is 6. The van der Waals surface area contributed by atoms with Gasteiger partial charge in [0.2, 0.25) is 23.6 Å². The molecule has 0 aliphatic carbocycles. The lowest BCUT2D eigenvalue weighted by Crippen LogP contribution is -2.27. The van der Waals surface area contributed by atoms with Gasteiger partial charge < -0.3 is 19.8 Å². The number of ether oxygens (including phenoxy) is 1. The van der Waals surface area contributed by atoms with Gasteiger partial charge in [-0.05, 0) is 65.7 Å². The lowest BCUT2D eigenvalue weighted by Gasteiger charge is -2.16. The van der Waals surface area contributed by atoms with Gasteiger partial charge in [0.05, 0.1) is 24.0 Å². The van der Waals surface area contributed by atoms with Gasteiger partial charge in [-0.15, -0.1) is 15.3 Å². The summed E-state index contributed by atoms with van der Waals surface area (Å²) in [5.74, 6) is -0.264. The van der Waals surface area contributed by atoms with Crippen LogP contribution in [0.25, 0.3) is 23.2 Å². The summed E-state index contributed by atoms with van der Waals surface area (Å²) in [4.78, 5) is 37.3. The second-order valence-electron chi connectivity index (χ2n) is 8.97. The fourth-order valence-electron chi connectivity index (χ4n) is 4.19. The van der Waals surface area contributed by atoms with E-state index < -0.39 is 18.0 Å². The van der Waals surface area contributed by atoms with Crippen LogP contribution in [0, 0.1) is 0 Å². The summed E-state index contributed by atoms with van der Waals surface area (Å²) in [6.07, 6.45) is 5.64. The minimum absolute atomic E-state index is 0.139. The highest BCUT2D eigenvalue weighted by molar-refractivity contribution is 6.30. The predicted octanol–water partition coefficient (Wildman–Crippen LogP) is 3.93. The third kappa shape index (κ3) is 6.73. The molecule has 3 heterocycles. The number of methoxy groups -OCH3 is 1. The fourth-order valence-corrected chi connectivity index (χ4v) is 4.37. The molecule has 15 heteroatoms. The van der Waals surface area contributed by atoms with Gasteiger partial charge >= 0.3 is 6.09 Å². The molecule has 3 N–H and O–H groups in total. The maximum Gasteiger partial charge on any atom is 0.411 e. The van der Waals surface area contributed by atoms with Gasteiger partial charge in [0.15, 0.2) is 0 Å². The van der Waals surface area contributed by atoms with Crippen LogP contribution in [0.3, 0.4) is 0 Å². The van der Waals surface area contributed by atoms with E-state index in [2.05, 4.69) is 46.4 Å². The minimum Gasteiger partial charge on any atom is -0.453 e. The zero-order valence-electron chi connectivity index (χ0n) is 21.7. The number of rotatable bonds is 5. The van der Waals surface area contributed by atoms with Gasteiger partial charge in [-0.3, -0.25) is 14.9 Å². The minimum atomic E-state index is -0.654. The van der Waals surface area contributed by atoms with Gasteiger partial charge in [-0.25, -0.2) is 4.79 Å². The molecule has 0 spiro atoms. The molecular weight excluding hydrogens is 554 g/mol. The first-order valence-corrected chi connectivity index (χ1v) is 12.9. The summed E-state index contributed by atoms with van der Waals surface area (Å²) in [5, 5.41) is 28.3. The standard InChI is InChI=1S/C26H24ClN9O5/c1-40-26(39)29-17-8-9-18-20(13-17)31-22(37)5-3-2-4-19(25-33-32-24(18)41-25)30-23(38)11-6-15-12-16(27)7-10-21(15)36-14-28-34-35-36/h6-14,19H,2-5H2,1H3,(H,29,39)(H,30,38)(H,31,37). The molecule has 3 amide bonds. The molecule has 2 bridgehead atoms. The average Bonchev–Trinajstić information content (AvgIpc) is 3.66. The van der Waals surface area contributed by atoms with Crippen molar-refractivity contribution in [2.75, 3.05) is 17.7 Å². The van der Waals surface area contributed by atoms with E-state index in [1.165, 1.54) is 24.2 Å². The molecule has 210 valence electrons. The largest absolute Gasteiger partial charge is 0.453 e. The van der Waals surface area contributed by atoms with Crippen molar-refractivity contribution in [3.63, 3.8) is 0 Å². The van der Waals surface area contributed by atoms with Crippen LogP contribution in [-0.2, 0) is 14.3 Å². The van der Waals surface area contributed by atoms with E-state index in [1.807, 2.05) is 0 Å². The molecule has 2 aromatic carbocycles. The van der Waals surface area contributed by atoms with Crippen LogP contribution < -0.4 is 16.0 Å². The lowest BCUT2D eigenvalue weighted by molar-refractivity contribution is -0.118. The fraction of sp³-hybridized carbons (Fsp3) is 0.231. The molecular formula is C26H24ClN9O5. The second kappa shape index (κ2) is 12.4. The van der Waals surface area contributed by atoms with Crippen molar-refractivity contribution in [2.24, 2.45) is 0 Å². The van der Waals surface area contributed by atoms with Crippen molar-refractivity contribution in [3.05, 3.63) is 65.3 Å². The molecule has 1 atom stereocenters. The molecule has 1 aliphatic rings. The Morgan fingerprint density at radius 2 is 2.07 bits per heavy atom. The normalized spacial score (nSPS) is 15.3. The average molecular weight is 578 g/mol. The second-order valence-corrected chi connectivity index (χ2v) is 9.40. The number of carbonyl (C=O) groups excluding carboxylic acids is 3. The number of benzene rings is 2. The third-order valence-electron chi connectivity index (χ3n) is 6.16. The molecule has 5 rings (SSSR count). The molecule has 0 fully saturated rings. The van der Waals surface area contributed by atoms with E-state index in [9.17, 15) is 14.4 Å². The van der Waals surface area contributed by atoms with Crippen molar-refractivity contribution in [3.8, 4) is 17.1 Å². The van der Waals surface area contributed by atoms with Crippen LogP contribution in [0.15, 0.2) is 53.2 Å². The zero-order valence-corrected chi connectivity index (χ0v) is 22.5. The number of halogens is 1. The number of hydrogen-bond donors (Lipinski definition) is 3. The highest BCUT2D eigenvalue weighted by Gasteiger charge is 2.23. The SMILES string of the molecule is COC(=O)Nc1ccc2c(c1)NC(=O)CCCCC(NC(=O)C=Cc1cc(Cl)ccc1-n1cnnn1)c1nnc-2o1. The van der Waals surface area contributed by atoms with Crippen LogP contribution in [0.4, 0.5) is 16.2 Å². The molecule has 4 aromatic rings. The first kappa shape index (κ1) is 27.5. The third-order valence-corrected chi connectivity index (χ3v) is 6.39. The number of carbonyl (C=O) groups is 3. The first-order chi connectivity index (χ1) is 19.9. The van der Waals surface area contributed by atoms with E-state index in [1.54, 1.807) is 42.5 Å². The van der Waals surface area contributed by atoms with Gasteiger partial charge in [0.1, 0.15) is 12.4 Å². The highest BCUT2D eigenvalue weighted by Crippen LogP contribution is 2.32. The number of hydrogen-bond acceptors (Lipinski definition) is 10. The predicted molar refractivity (Wildman–Crippen MR) is 147 cm³/mol. The van der Waals surface area contributed by atoms with Crippen LogP contribution in [0.2, 0.25) is 5.02 Å². The summed E-state index contributed by atoms with van der Waals surface area (Å²) >= 11 is 6.17. The Morgan fingerprint density at radius 3 is 2.88 bits per heavy atom. The summed E-state index contributed by atoms with van der Waals surface area (Å²) in [5.41, 5.74) is 2.50. The van der Waals surface area contributed by atoms with E-state index in [0.717, 1.165) is 0 Å². The van der Waals surface area contributed by atoms with Crippen LogP contribution in [0.5, 0.6) is 0 Å². The summed E-state index contributed by atoms with van der Waals surface area (Å²) in [6, 6.07) is 9.35. The Hall–Kier alpha value is -5.11. The van der Waals surface area contributed by atoms with Gasteiger partial charge in [0.25, 0.3) is 0 Å². The topological polar surface area (TPSA) is 179 Å². The Morgan fingerprint density at radius 1 is 1.20 bits per heavy atom. The van der Waals surface area contributed by atoms with Crippen molar-refractivity contribution in [2.45, 2.75) is 31.7 Å². The number of tetrazole rings is 1. The van der Waals surface area contributed by atoms with E-state index >= 15 is 0 Å². The van der Waals surface area contributed by atoms with Gasteiger partial charge in [-0.2, -0.15) is 4.68 Å². The molecule has 2 aromatic heterocycles. The van der Waals surface area contributed by atoms with E-state index in [-0.39, 0.29) is 24.1 Å². The Bertz CT molecular complexity index is 1600. The Kier molecular flexibility index (Phi) is 8.29. The Balaban J connectivity index is 1.38. The first-order valence-electron chi connectivity index (χ1n) is 12.5. The summed E-state index contributed by atoms with van der Waals surface area (Å²) in [7, 11) is 1.25. The lowest BCUT2D eigenvalue weighted by atomic mass is 10.1. The van der Waals surface area contributed by atoms with Gasteiger partial charge in [0, 0.05) is 28.8 Å². The van der Waals surface area contributed by atoms with Gasteiger partial charge in [-0.1, -0.05) is 18.0 Å². The van der Waals surface area contributed by atoms with E-state index in [4.69, 9.17) is 16.0 Å². The molecule has 0 radical (unpaired) electrons. The monoisotopic (exact) mass is 577 g/mol. The molecule has 14 nitrogen and oxygen atoms in total. The quantitative estimate of drug-likeness (QED) is 0.294. The zero-order chi connectivity index (χ0) is 28.8. The molecule has 1 aliphatic heterocycles.